The molecule has 1 aliphatic heterocycles. The summed E-state index contributed by atoms with van der Waals surface area (Å²) in [7, 11) is 0. The highest BCUT2D eigenvalue weighted by molar-refractivity contribution is 5.88. The van der Waals surface area contributed by atoms with Crippen LogP contribution >= 0.6 is 0 Å². The molecule has 0 unspecified atom stereocenters. The number of carbonyl (C=O) groups is 1. The number of hydroxylamine groups is 1. The maximum absolute atomic E-state index is 11.5. The average molecular weight is 232 g/mol. The van der Waals surface area contributed by atoms with Gasteiger partial charge in [-0.3, -0.25) is 5.21 Å². The Hall–Kier alpha value is -2.14. The Morgan fingerprint density at radius 3 is 3.24 bits per heavy atom. The van der Waals surface area contributed by atoms with Crippen molar-refractivity contribution in [1.82, 2.24) is 4.98 Å². The molecule has 5 heteroatoms. The van der Waals surface area contributed by atoms with E-state index in [0.717, 1.165) is 10.6 Å². The van der Waals surface area contributed by atoms with Gasteiger partial charge in [0.2, 0.25) is 0 Å². The van der Waals surface area contributed by atoms with Crippen LogP contribution in [0.3, 0.4) is 0 Å². The Labute approximate surface area is 98.6 Å². The number of nitrogens with zero attached hydrogens (tertiary/aromatic N) is 2. The molecular formula is C12H12N2O3. The summed E-state index contributed by atoms with van der Waals surface area (Å²) in [6, 6.07) is 3.28. The highest BCUT2D eigenvalue weighted by Crippen LogP contribution is 2.22. The fourth-order valence-electron chi connectivity index (χ4n) is 1.48. The lowest BCUT2D eigenvalue weighted by molar-refractivity contribution is 0.0543. The molecule has 0 atom stereocenters. The lowest BCUT2D eigenvalue weighted by Gasteiger charge is -2.20. The molecule has 1 aromatic rings. The van der Waals surface area contributed by atoms with Crippen molar-refractivity contribution in [2.24, 2.45) is 0 Å². The summed E-state index contributed by atoms with van der Waals surface area (Å²) < 4.78 is 4.87. The molecule has 88 valence electrons. The van der Waals surface area contributed by atoms with Crippen LogP contribution < -0.4 is 5.06 Å². The molecule has 1 aromatic heterocycles. The van der Waals surface area contributed by atoms with E-state index in [9.17, 15) is 10.0 Å². The van der Waals surface area contributed by atoms with Gasteiger partial charge in [-0.05, 0) is 12.1 Å². The number of fused-ring (bicyclic) bond motifs is 1. The number of pyridine rings is 1. The minimum absolute atomic E-state index is 0.139. The van der Waals surface area contributed by atoms with Crippen LogP contribution in [-0.4, -0.2) is 29.3 Å². The summed E-state index contributed by atoms with van der Waals surface area (Å²) in [6.07, 6.45) is 5.13. The summed E-state index contributed by atoms with van der Waals surface area (Å²) in [4.78, 5) is 15.6. The molecule has 1 N–H and O–H groups in total. The van der Waals surface area contributed by atoms with E-state index in [2.05, 4.69) is 11.6 Å². The van der Waals surface area contributed by atoms with Crippen molar-refractivity contribution in [3.63, 3.8) is 0 Å². The molecule has 17 heavy (non-hydrogen) atoms. The van der Waals surface area contributed by atoms with E-state index in [0.29, 0.717) is 12.4 Å². The van der Waals surface area contributed by atoms with Crippen molar-refractivity contribution in [2.75, 3.05) is 18.2 Å². The van der Waals surface area contributed by atoms with E-state index in [1.54, 1.807) is 18.2 Å². The molecule has 0 aromatic carbocycles. The van der Waals surface area contributed by atoms with Gasteiger partial charge in [-0.15, -0.1) is 0 Å². The monoisotopic (exact) mass is 232 g/mol. The first-order valence-electron chi connectivity index (χ1n) is 5.14. The predicted molar refractivity (Wildman–Crippen MR) is 62.9 cm³/mol. The first kappa shape index (κ1) is 11.3. The van der Waals surface area contributed by atoms with Crippen molar-refractivity contribution in [3.05, 3.63) is 42.1 Å². The van der Waals surface area contributed by atoms with E-state index in [1.165, 1.54) is 6.08 Å². The number of ether oxygens (including phenoxy) is 1. The molecule has 0 saturated heterocycles. The maximum Gasteiger partial charge on any atom is 0.357 e. The smallest absolute Gasteiger partial charge is 0.357 e. The first-order valence-corrected chi connectivity index (χ1v) is 5.14. The second kappa shape index (κ2) is 4.80. The van der Waals surface area contributed by atoms with Gasteiger partial charge in [0, 0.05) is 5.56 Å². The minimum Gasteiger partial charge on any atom is -0.457 e. The Morgan fingerprint density at radius 2 is 2.47 bits per heavy atom. The third-order valence-electron chi connectivity index (χ3n) is 2.27. The molecule has 0 bridgehead atoms. The fraction of sp³-hybridized carbons (Fsp3) is 0.167. The minimum atomic E-state index is -0.532. The predicted octanol–water partition coefficient (Wildman–Crippen LogP) is 1.65. The molecule has 2 rings (SSSR count). The molecule has 2 heterocycles. The van der Waals surface area contributed by atoms with Crippen LogP contribution in [0, 0.1) is 0 Å². The maximum atomic E-state index is 11.5. The number of rotatable bonds is 3. The number of hydrogen-bond acceptors (Lipinski definition) is 5. The summed E-state index contributed by atoms with van der Waals surface area (Å²) in [5, 5.41) is 10.6. The zero-order valence-electron chi connectivity index (χ0n) is 9.17. The van der Waals surface area contributed by atoms with Crippen LogP contribution in [0.2, 0.25) is 0 Å². The topological polar surface area (TPSA) is 62.7 Å². The molecule has 0 saturated carbocycles. The highest BCUT2D eigenvalue weighted by atomic mass is 16.5. The van der Waals surface area contributed by atoms with Crippen molar-refractivity contribution in [2.45, 2.75) is 0 Å². The second-order valence-corrected chi connectivity index (χ2v) is 3.48. The quantitative estimate of drug-likeness (QED) is 0.634. The number of hydrogen-bond donors (Lipinski definition) is 1. The highest BCUT2D eigenvalue weighted by Gasteiger charge is 2.16. The Bertz CT molecular complexity index is 483. The van der Waals surface area contributed by atoms with Crippen LogP contribution in [0.4, 0.5) is 5.82 Å². The van der Waals surface area contributed by atoms with Crippen LogP contribution in [-0.2, 0) is 4.74 Å². The van der Waals surface area contributed by atoms with Crippen LogP contribution in [0.25, 0.3) is 6.08 Å². The van der Waals surface area contributed by atoms with Gasteiger partial charge in [-0.25, -0.2) is 14.8 Å². The lowest BCUT2D eigenvalue weighted by atomic mass is 10.1. The molecule has 5 nitrogen and oxygen atoms in total. The Morgan fingerprint density at radius 1 is 1.65 bits per heavy atom. The van der Waals surface area contributed by atoms with Crippen LogP contribution in [0.5, 0.6) is 0 Å². The van der Waals surface area contributed by atoms with Gasteiger partial charge >= 0.3 is 5.97 Å². The van der Waals surface area contributed by atoms with Crippen molar-refractivity contribution in [3.8, 4) is 0 Å². The van der Waals surface area contributed by atoms with E-state index >= 15 is 0 Å². The standard InChI is InChI=1S/C12H12N2O3/c1-2-8-17-12(15)10-6-5-9-4-3-7-14(16)11(9)13-10/h2-6,16H,1,7-8H2. The van der Waals surface area contributed by atoms with Crippen molar-refractivity contribution >= 4 is 17.9 Å². The van der Waals surface area contributed by atoms with Gasteiger partial charge in [-0.1, -0.05) is 24.8 Å². The third-order valence-corrected chi connectivity index (χ3v) is 2.27. The largest absolute Gasteiger partial charge is 0.457 e. The van der Waals surface area contributed by atoms with Gasteiger partial charge in [0.15, 0.2) is 11.5 Å². The SMILES string of the molecule is C=CCOC(=O)c1ccc2c(n1)N(O)CC=C2. The van der Waals surface area contributed by atoms with Gasteiger partial charge in [0.25, 0.3) is 0 Å². The number of anilines is 1. The van der Waals surface area contributed by atoms with Gasteiger partial charge < -0.3 is 4.74 Å². The summed E-state index contributed by atoms with van der Waals surface area (Å²) >= 11 is 0. The molecule has 0 fully saturated rings. The molecule has 0 amide bonds. The normalized spacial score (nSPS) is 13.1. The summed E-state index contributed by atoms with van der Waals surface area (Å²) in [6.45, 7) is 3.95. The van der Waals surface area contributed by atoms with Crippen molar-refractivity contribution in [1.29, 1.82) is 0 Å². The first-order chi connectivity index (χ1) is 8.22. The van der Waals surface area contributed by atoms with Crippen LogP contribution in [0.15, 0.2) is 30.9 Å². The summed E-state index contributed by atoms with van der Waals surface area (Å²) in [5.41, 5.74) is 0.930. The molecule has 0 aliphatic carbocycles. The third kappa shape index (κ3) is 2.34. The number of carbonyl (C=O) groups excluding carboxylic acids is 1. The number of esters is 1. The van der Waals surface area contributed by atoms with E-state index in [-0.39, 0.29) is 12.3 Å². The number of aromatic nitrogens is 1. The van der Waals surface area contributed by atoms with E-state index in [1.807, 2.05) is 6.08 Å². The van der Waals surface area contributed by atoms with E-state index < -0.39 is 5.97 Å². The van der Waals surface area contributed by atoms with Gasteiger partial charge in [0.1, 0.15) is 6.61 Å². The molecular weight excluding hydrogens is 220 g/mol. The summed E-state index contributed by atoms with van der Waals surface area (Å²) in [5.74, 6) is -0.170. The van der Waals surface area contributed by atoms with E-state index in [4.69, 9.17) is 4.74 Å². The van der Waals surface area contributed by atoms with Gasteiger partial charge in [0.05, 0.1) is 6.54 Å². The molecule has 0 radical (unpaired) electrons. The zero-order chi connectivity index (χ0) is 12.3. The molecule has 1 aliphatic rings. The fourth-order valence-corrected chi connectivity index (χ4v) is 1.48. The van der Waals surface area contributed by atoms with Crippen molar-refractivity contribution < 1.29 is 14.7 Å². The van der Waals surface area contributed by atoms with Gasteiger partial charge in [-0.2, -0.15) is 0 Å². The molecule has 0 spiro atoms. The Kier molecular flexibility index (Phi) is 3.20. The average Bonchev–Trinajstić information content (AvgIpc) is 2.36. The lowest BCUT2D eigenvalue weighted by Crippen LogP contribution is -2.23. The second-order valence-electron chi connectivity index (χ2n) is 3.48. The Balaban J connectivity index is 2.26. The zero-order valence-corrected chi connectivity index (χ0v) is 9.17. The van der Waals surface area contributed by atoms with Crippen LogP contribution in [0.1, 0.15) is 16.1 Å².